The van der Waals surface area contributed by atoms with Crippen molar-refractivity contribution < 1.29 is 14.6 Å². The smallest absolute Gasteiger partial charge is 0.330 e. The molecule has 1 aromatic heterocycles. The number of aliphatic carboxylic acids is 1. The predicted molar refractivity (Wildman–Crippen MR) is 82.0 cm³/mol. The summed E-state index contributed by atoms with van der Waals surface area (Å²) in [5, 5.41) is 12.7. The van der Waals surface area contributed by atoms with Gasteiger partial charge in [0.05, 0.1) is 17.8 Å². The molecule has 22 heavy (non-hydrogen) atoms. The van der Waals surface area contributed by atoms with Gasteiger partial charge in [0.25, 0.3) is 0 Å². The summed E-state index contributed by atoms with van der Waals surface area (Å²) in [6, 6.07) is 7.59. The molecule has 3 rings (SSSR count). The van der Waals surface area contributed by atoms with Gasteiger partial charge in [0.15, 0.2) is 6.04 Å². The fourth-order valence-electron chi connectivity index (χ4n) is 2.23. The summed E-state index contributed by atoms with van der Waals surface area (Å²) in [7, 11) is 1.52. The minimum absolute atomic E-state index is 0.406. The number of halogens is 1. The van der Waals surface area contributed by atoms with Crippen molar-refractivity contribution in [3.8, 4) is 5.88 Å². The van der Waals surface area contributed by atoms with Gasteiger partial charge in [-0.3, -0.25) is 0 Å². The summed E-state index contributed by atoms with van der Waals surface area (Å²) in [4.78, 5) is 20.0. The number of para-hydroxylation sites is 1. The number of rotatable bonds is 3. The monoisotopic (exact) mass is 317 g/mol. The van der Waals surface area contributed by atoms with Crippen molar-refractivity contribution >= 4 is 29.1 Å². The van der Waals surface area contributed by atoms with Crippen molar-refractivity contribution in [1.82, 2.24) is 10.3 Å². The summed E-state index contributed by atoms with van der Waals surface area (Å²) in [6.45, 7) is 0. The molecule has 1 aliphatic rings. The van der Waals surface area contributed by atoms with E-state index in [4.69, 9.17) is 16.3 Å². The second-order valence-electron chi connectivity index (χ2n) is 4.64. The maximum atomic E-state index is 11.5. The van der Waals surface area contributed by atoms with E-state index in [1.165, 1.54) is 7.11 Å². The number of nitrogens with zero attached hydrogens (tertiary/aromatic N) is 2. The quantitative estimate of drug-likeness (QED) is 0.909. The fraction of sp³-hybridized carbons (Fsp3) is 0.133. The van der Waals surface area contributed by atoms with Crippen LogP contribution in [0.5, 0.6) is 5.88 Å². The molecule has 0 amide bonds. The Labute approximate surface area is 131 Å². The third-order valence-electron chi connectivity index (χ3n) is 3.30. The molecule has 1 aromatic carbocycles. The number of ether oxygens (including phenoxy) is 1. The van der Waals surface area contributed by atoms with Crippen molar-refractivity contribution in [3.05, 3.63) is 52.7 Å². The first kappa shape index (κ1) is 14.3. The minimum atomic E-state index is -1.00. The van der Waals surface area contributed by atoms with Crippen LogP contribution in [-0.2, 0) is 4.79 Å². The number of aliphatic imine (C=N–C) groups is 1. The lowest BCUT2D eigenvalue weighted by Gasteiger charge is -2.24. The summed E-state index contributed by atoms with van der Waals surface area (Å²) >= 11 is 6.15. The molecule has 7 heteroatoms. The number of carboxylic acids is 1. The lowest BCUT2D eigenvalue weighted by atomic mass is 10.0. The molecule has 0 radical (unpaired) electrons. The van der Waals surface area contributed by atoms with Crippen LogP contribution in [0.25, 0.3) is 0 Å². The minimum Gasteiger partial charge on any atom is -0.481 e. The number of carbonyl (C=O) groups is 1. The molecule has 0 saturated carbocycles. The van der Waals surface area contributed by atoms with Crippen LogP contribution in [0.3, 0.4) is 0 Å². The number of aromatic nitrogens is 1. The van der Waals surface area contributed by atoms with Crippen molar-refractivity contribution in [2.75, 3.05) is 7.11 Å². The molecule has 1 unspecified atom stereocenters. The summed E-state index contributed by atoms with van der Waals surface area (Å²) in [6.07, 6.45) is 1.56. The number of benzene rings is 1. The molecule has 1 atom stereocenters. The SMILES string of the molecule is COc1ccc(C2=Nc3c(Cl)cccc3C(C(=O)O)N2)cn1. The van der Waals surface area contributed by atoms with Gasteiger partial charge in [0.1, 0.15) is 5.84 Å². The number of pyridine rings is 1. The average Bonchev–Trinajstić information content (AvgIpc) is 2.54. The zero-order chi connectivity index (χ0) is 15.7. The molecule has 1 aliphatic heterocycles. The third-order valence-corrected chi connectivity index (χ3v) is 3.60. The van der Waals surface area contributed by atoms with Gasteiger partial charge >= 0.3 is 5.97 Å². The number of hydrogen-bond acceptors (Lipinski definition) is 5. The Kier molecular flexibility index (Phi) is 3.68. The Bertz CT molecular complexity index is 759. The average molecular weight is 318 g/mol. The van der Waals surface area contributed by atoms with E-state index in [0.717, 1.165) is 0 Å². The fourth-order valence-corrected chi connectivity index (χ4v) is 2.45. The van der Waals surface area contributed by atoms with E-state index in [9.17, 15) is 9.90 Å². The zero-order valence-corrected chi connectivity index (χ0v) is 12.3. The number of fused-ring (bicyclic) bond motifs is 1. The van der Waals surface area contributed by atoms with Crippen LogP contribution in [0.2, 0.25) is 5.02 Å². The summed E-state index contributed by atoms with van der Waals surface area (Å²) in [5.41, 5.74) is 1.64. The van der Waals surface area contributed by atoms with Gasteiger partial charge < -0.3 is 15.2 Å². The van der Waals surface area contributed by atoms with E-state index in [-0.39, 0.29) is 0 Å². The van der Waals surface area contributed by atoms with Gasteiger partial charge in [-0.15, -0.1) is 0 Å². The summed E-state index contributed by atoms with van der Waals surface area (Å²) < 4.78 is 5.00. The normalized spacial score (nSPS) is 16.3. The molecule has 112 valence electrons. The lowest BCUT2D eigenvalue weighted by Crippen LogP contribution is -2.36. The first-order valence-electron chi connectivity index (χ1n) is 6.47. The molecule has 2 heterocycles. The van der Waals surface area contributed by atoms with Crippen molar-refractivity contribution in [2.45, 2.75) is 6.04 Å². The Morgan fingerprint density at radius 2 is 2.18 bits per heavy atom. The van der Waals surface area contributed by atoms with E-state index in [2.05, 4.69) is 15.3 Å². The van der Waals surface area contributed by atoms with Crippen LogP contribution in [0.15, 0.2) is 41.5 Å². The number of carboxylic acid groups (broad SMARTS) is 1. The predicted octanol–water partition coefficient (Wildman–Crippen LogP) is 2.55. The standard InChI is InChI=1S/C15H12ClN3O3/c1-22-11-6-5-8(7-17-11)14-18-12-9(3-2-4-10(12)16)13(19-14)15(20)21/h2-7,13H,1H3,(H,18,19)(H,20,21). The zero-order valence-electron chi connectivity index (χ0n) is 11.6. The molecular formula is C15H12ClN3O3. The van der Waals surface area contributed by atoms with E-state index in [0.29, 0.717) is 33.6 Å². The number of nitrogens with one attached hydrogen (secondary N) is 1. The Balaban J connectivity index is 2.09. The van der Waals surface area contributed by atoms with E-state index < -0.39 is 12.0 Å². The molecule has 2 N–H and O–H groups in total. The highest BCUT2D eigenvalue weighted by Crippen LogP contribution is 2.36. The molecule has 2 aromatic rings. The highest BCUT2D eigenvalue weighted by atomic mass is 35.5. The Morgan fingerprint density at radius 1 is 1.36 bits per heavy atom. The van der Waals surface area contributed by atoms with Crippen LogP contribution < -0.4 is 10.1 Å². The van der Waals surface area contributed by atoms with Crippen LogP contribution in [-0.4, -0.2) is 29.0 Å². The Hall–Kier alpha value is -2.60. The summed E-state index contributed by atoms with van der Waals surface area (Å²) in [5.74, 6) is -0.131. The number of amidine groups is 1. The maximum absolute atomic E-state index is 11.5. The van der Waals surface area contributed by atoms with Crippen LogP contribution >= 0.6 is 11.6 Å². The topological polar surface area (TPSA) is 83.8 Å². The molecule has 0 spiro atoms. The van der Waals surface area contributed by atoms with E-state index in [1.807, 2.05) is 0 Å². The van der Waals surface area contributed by atoms with Gasteiger partial charge in [-0.05, 0) is 12.1 Å². The van der Waals surface area contributed by atoms with Gasteiger partial charge in [0.2, 0.25) is 5.88 Å². The van der Waals surface area contributed by atoms with Gasteiger partial charge in [-0.25, -0.2) is 14.8 Å². The highest BCUT2D eigenvalue weighted by Gasteiger charge is 2.29. The van der Waals surface area contributed by atoms with Gasteiger partial charge in [0, 0.05) is 23.4 Å². The van der Waals surface area contributed by atoms with Crippen molar-refractivity contribution in [3.63, 3.8) is 0 Å². The molecular weight excluding hydrogens is 306 g/mol. The second-order valence-corrected chi connectivity index (χ2v) is 5.05. The lowest BCUT2D eigenvalue weighted by molar-refractivity contribution is -0.139. The van der Waals surface area contributed by atoms with Gasteiger partial charge in [-0.2, -0.15) is 0 Å². The Morgan fingerprint density at radius 3 is 2.82 bits per heavy atom. The second kappa shape index (κ2) is 5.65. The van der Waals surface area contributed by atoms with E-state index >= 15 is 0 Å². The van der Waals surface area contributed by atoms with Crippen molar-refractivity contribution in [2.24, 2.45) is 4.99 Å². The van der Waals surface area contributed by atoms with Crippen LogP contribution in [0, 0.1) is 0 Å². The number of methoxy groups -OCH3 is 1. The van der Waals surface area contributed by atoms with Crippen LogP contribution in [0.4, 0.5) is 5.69 Å². The highest BCUT2D eigenvalue weighted by molar-refractivity contribution is 6.33. The molecule has 6 nitrogen and oxygen atoms in total. The van der Waals surface area contributed by atoms with Gasteiger partial charge in [-0.1, -0.05) is 23.7 Å². The molecule has 0 fully saturated rings. The number of hydrogen-bond donors (Lipinski definition) is 2. The van der Waals surface area contributed by atoms with Crippen LogP contribution in [0.1, 0.15) is 17.2 Å². The third kappa shape index (κ3) is 2.48. The first-order chi connectivity index (χ1) is 10.6. The molecule has 0 aliphatic carbocycles. The largest absolute Gasteiger partial charge is 0.481 e. The molecule has 0 bridgehead atoms. The molecule has 0 saturated heterocycles. The van der Waals surface area contributed by atoms with E-state index in [1.54, 1.807) is 36.5 Å². The first-order valence-corrected chi connectivity index (χ1v) is 6.85. The maximum Gasteiger partial charge on any atom is 0.330 e. The van der Waals surface area contributed by atoms with Crippen molar-refractivity contribution in [1.29, 1.82) is 0 Å².